The van der Waals surface area contributed by atoms with E-state index >= 15 is 0 Å². The van der Waals surface area contributed by atoms with Gasteiger partial charge in [-0.15, -0.1) is 11.8 Å². The van der Waals surface area contributed by atoms with E-state index in [1.54, 1.807) is 12.1 Å². The van der Waals surface area contributed by atoms with E-state index in [0.29, 0.717) is 4.90 Å². The molecule has 0 radical (unpaired) electrons. The highest BCUT2D eigenvalue weighted by molar-refractivity contribution is 8.00. The molecule has 1 atom stereocenters. The summed E-state index contributed by atoms with van der Waals surface area (Å²) in [6, 6.07) is 18.3. The van der Waals surface area contributed by atoms with Crippen LogP contribution in [0.5, 0.6) is 0 Å². The molecule has 2 nitrogen and oxygen atoms in total. The predicted octanol–water partition coefficient (Wildman–Crippen LogP) is 5.10. The summed E-state index contributed by atoms with van der Waals surface area (Å²) >= 11 is 1.11. The summed E-state index contributed by atoms with van der Waals surface area (Å²) in [6.45, 7) is 0. The number of carbonyl (C=O) groups is 1. The van der Waals surface area contributed by atoms with Gasteiger partial charge in [-0.05, 0) is 41.5 Å². The molecule has 0 spiro atoms. The molecule has 0 heterocycles. The Morgan fingerprint density at radius 2 is 1.52 bits per heavy atom. The molecule has 0 fully saturated rings. The van der Waals surface area contributed by atoms with Gasteiger partial charge in [0.25, 0.3) is 0 Å². The van der Waals surface area contributed by atoms with Crippen molar-refractivity contribution in [2.45, 2.75) is 10.9 Å². The van der Waals surface area contributed by atoms with Crippen LogP contribution >= 0.6 is 11.8 Å². The number of carbonyl (C=O) groups excluding carboxylic acids is 1. The molecule has 0 saturated carbocycles. The molecule has 6 heteroatoms. The molecule has 1 unspecified atom stereocenters. The lowest BCUT2D eigenvalue weighted by Crippen LogP contribution is -2.30. The molecule has 0 aliphatic heterocycles. The van der Waals surface area contributed by atoms with E-state index in [-0.39, 0.29) is 17.5 Å². The van der Waals surface area contributed by atoms with E-state index in [1.807, 2.05) is 30.3 Å². The molecule has 27 heavy (non-hydrogen) atoms. The summed E-state index contributed by atoms with van der Waals surface area (Å²) in [4.78, 5) is 12.9. The van der Waals surface area contributed by atoms with Gasteiger partial charge >= 0.3 is 0 Å². The van der Waals surface area contributed by atoms with Crippen LogP contribution in [0, 0.1) is 17.5 Å². The highest BCUT2D eigenvalue weighted by Crippen LogP contribution is 2.24. The Morgan fingerprint density at radius 3 is 2.19 bits per heavy atom. The first-order chi connectivity index (χ1) is 13.0. The molecule has 0 aliphatic carbocycles. The van der Waals surface area contributed by atoms with Crippen LogP contribution in [0.4, 0.5) is 13.2 Å². The van der Waals surface area contributed by atoms with Gasteiger partial charge < -0.3 is 5.32 Å². The third-order valence-corrected chi connectivity index (χ3v) is 4.90. The maximum absolute atomic E-state index is 13.3. The van der Waals surface area contributed by atoms with Crippen molar-refractivity contribution in [3.8, 4) is 0 Å². The second kappa shape index (κ2) is 8.77. The summed E-state index contributed by atoms with van der Waals surface area (Å²) < 4.78 is 39.5. The Hall–Kier alpha value is -2.73. The van der Waals surface area contributed by atoms with E-state index < -0.39 is 17.7 Å². The van der Waals surface area contributed by atoms with Gasteiger partial charge in [0.2, 0.25) is 5.91 Å². The highest BCUT2D eigenvalue weighted by atomic mass is 32.2. The second-order valence-electron chi connectivity index (χ2n) is 5.83. The summed E-state index contributed by atoms with van der Waals surface area (Å²) in [7, 11) is 0. The monoisotopic (exact) mass is 387 g/mol. The molecule has 3 aromatic carbocycles. The number of halogens is 3. The summed E-state index contributed by atoms with van der Waals surface area (Å²) in [5.74, 6) is -2.47. The van der Waals surface area contributed by atoms with E-state index in [4.69, 9.17) is 0 Å². The predicted molar refractivity (Wildman–Crippen MR) is 99.9 cm³/mol. The first kappa shape index (κ1) is 19.0. The van der Waals surface area contributed by atoms with Gasteiger partial charge in [-0.1, -0.05) is 42.5 Å². The second-order valence-corrected chi connectivity index (χ2v) is 6.88. The smallest absolute Gasteiger partial charge is 0.231 e. The van der Waals surface area contributed by atoms with E-state index in [0.717, 1.165) is 35.0 Å². The van der Waals surface area contributed by atoms with Crippen molar-refractivity contribution >= 4 is 17.7 Å². The van der Waals surface area contributed by atoms with Crippen LogP contribution in [0.1, 0.15) is 17.2 Å². The number of benzene rings is 3. The Balaban J connectivity index is 1.72. The Labute approximate surface area is 159 Å². The number of amides is 1. The van der Waals surface area contributed by atoms with Crippen LogP contribution in [0.15, 0.2) is 77.7 Å². The summed E-state index contributed by atoms with van der Waals surface area (Å²) in [6.07, 6.45) is 0. The van der Waals surface area contributed by atoms with Crippen molar-refractivity contribution in [2.75, 3.05) is 5.75 Å². The van der Waals surface area contributed by atoms with Gasteiger partial charge in [-0.25, -0.2) is 13.2 Å². The maximum atomic E-state index is 13.3. The lowest BCUT2D eigenvalue weighted by molar-refractivity contribution is -0.119. The zero-order chi connectivity index (χ0) is 19.2. The zero-order valence-electron chi connectivity index (χ0n) is 14.2. The van der Waals surface area contributed by atoms with Crippen LogP contribution in [-0.4, -0.2) is 11.7 Å². The third kappa shape index (κ3) is 5.14. The maximum Gasteiger partial charge on any atom is 0.231 e. The van der Waals surface area contributed by atoms with Gasteiger partial charge in [-0.3, -0.25) is 4.79 Å². The van der Waals surface area contributed by atoms with Crippen LogP contribution in [0.3, 0.4) is 0 Å². The van der Waals surface area contributed by atoms with Gasteiger partial charge in [0.1, 0.15) is 5.82 Å². The van der Waals surface area contributed by atoms with Crippen LogP contribution in [-0.2, 0) is 4.79 Å². The largest absolute Gasteiger partial charge is 0.344 e. The molecule has 3 rings (SSSR count). The average molecular weight is 387 g/mol. The number of rotatable bonds is 6. The van der Waals surface area contributed by atoms with Crippen molar-refractivity contribution in [3.63, 3.8) is 0 Å². The van der Waals surface area contributed by atoms with Crippen molar-refractivity contribution in [1.29, 1.82) is 0 Å². The summed E-state index contributed by atoms with van der Waals surface area (Å²) in [5, 5.41) is 2.92. The van der Waals surface area contributed by atoms with Crippen LogP contribution in [0.2, 0.25) is 0 Å². The molecular weight excluding hydrogens is 371 g/mol. The van der Waals surface area contributed by atoms with Gasteiger partial charge in [0, 0.05) is 4.90 Å². The van der Waals surface area contributed by atoms with Gasteiger partial charge in [0.15, 0.2) is 11.6 Å². The third-order valence-electron chi connectivity index (χ3n) is 3.90. The molecule has 1 N–H and O–H groups in total. The molecule has 3 aromatic rings. The average Bonchev–Trinajstić information content (AvgIpc) is 2.68. The molecule has 0 aromatic heterocycles. The minimum Gasteiger partial charge on any atom is -0.344 e. The summed E-state index contributed by atoms with van der Waals surface area (Å²) in [5.41, 5.74) is 1.60. The molecular formula is C21H16F3NOS. The lowest BCUT2D eigenvalue weighted by atomic mass is 9.98. The lowest BCUT2D eigenvalue weighted by Gasteiger charge is -2.20. The molecule has 0 aliphatic rings. The normalized spacial score (nSPS) is 11.8. The van der Waals surface area contributed by atoms with E-state index in [2.05, 4.69) is 5.32 Å². The Morgan fingerprint density at radius 1 is 0.852 bits per heavy atom. The SMILES string of the molecule is O=C(CSc1ccc(F)c(F)c1)NC(c1ccccc1)c1ccc(F)cc1. The number of hydrogen-bond acceptors (Lipinski definition) is 2. The standard InChI is InChI=1S/C21H16F3NOS/c22-16-8-6-15(7-9-16)21(14-4-2-1-3-5-14)25-20(26)13-27-17-10-11-18(23)19(24)12-17/h1-12,21H,13H2,(H,25,26). The first-order valence-electron chi connectivity index (χ1n) is 8.20. The quantitative estimate of drug-likeness (QED) is 0.596. The van der Waals surface area contributed by atoms with Crippen molar-refractivity contribution in [3.05, 3.63) is 101 Å². The molecule has 0 bridgehead atoms. The fourth-order valence-electron chi connectivity index (χ4n) is 2.58. The van der Waals surface area contributed by atoms with Gasteiger partial charge in [0.05, 0.1) is 11.8 Å². The Bertz CT molecular complexity index is 916. The topological polar surface area (TPSA) is 29.1 Å². The minimum absolute atomic E-state index is 0.0373. The van der Waals surface area contributed by atoms with Crippen LogP contribution in [0.25, 0.3) is 0 Å². The molecule has 1 amide bonds. The molecule has 0 saturated heterocycles. The van der Waals surface area contributed by atoms with Gasteiger partial charge in [-0.2, -0.15) is 0 Å². The van der Waals surface area contributed by atoms with Crippen molar-refractivity contribution in [2.24, 2.45) is 0 Å². The number of hydrogen-bond donors (Lipinski definition) is 1. The zero-order valence-corrected chi connectivity index (χ0v) is 15.0. The van der Waals surface area contributed by atoms with Crippen molar-refractivity contribution < 1.29 is 18.0 Å². The fraction of sp³-hybridized carbons (Fsp3) is 0.0952. The number of thioether (sulfide) groups is 1. The molecule has 138 valence electrons. The first-order valence-corrected chi connectivity index (χ1v) is 9.19. The highest BCUT2D eigenvalue weighted by Gasteiger charge is 2.17. The van der Waals surface area contributed by atoms with E-state index in [1.165, 1.54) is 18.2 Å². The Kier molecular flexibility index (Phi) is 6.19. The van der Waals surface area contributed by atoms with E-state index in [9.17, 15) is 18.0 Å². The fourth-order valence-corrected chi connectivity index (χ4v) is 3.31. The van der Waals surface area contributed by atoms with Crippen molar-refractivity contribution in [1.82, 2.24) is 5.32 Å². The number of nitrogens with one attached hydrogen (secondary N) is 1. The van der Waals surface area contributed by atoms with Crippen LogP contribution < -0.4 is 5.32 Å². The minimum atomic E-state index is -0.950.